The third-order valence-corrected chi connectivity index (χ3v) is 3.49. The molecule has 0 aliphatic rings. The van der Waals surface area contributed by atoms with Crippen LogP contribution in [0.1, 0.15) is 11.5 Å². The smallest absolute Gasteiger partial charge is 0.293 e. The molecule has 24 heavy (non-hydrogen) atoms. The van der Waals surface area contributed by atoms with Crippen molar-refractivity contribution in [1.29, 1.82) is 0 Å². The van der Waals surface area contributed by atoms with Crippen LogP contribution in [0.4, 0.5) is 0 Å². The first kappa shape index (κ1) is 18.1. The summed E-state index contributed by atoms with van der Waals surface area (Å²) in [5, 5.41) is 0.268. The molecular formula is C16H17ClN2O5. The van der Waals surface area contributed by atoms with Gasteiger partial charge in [-0.15, -0.1) is 0 Å². The number of aromatic nitrogens is 2. The molecule has 1 unspecified atom stereocenters. The van der Waals surface area contributed by atoms with Gasteiger partial charge in [0.15, 0.2) is 6.29 Å². The van der Waals surface area contributed by atoms with E-state index in [0.717, 1.165) is 5.56 Å². The molecule has 0 aliphatic heterocycles. The van der Waals surface area contributed by atoms with Crippen LogP contribution in [0.5, 0.6) is 11.6 Å². The number of benzene rings is 1. The molecule has 7 nitrogen and oxygen atoms in total. The first-order chi connectivity index (χ1) is 11.7. The average molecular weight is 353 g/mol. The molecule has 8 heteroatoms. The summed E-state index contributed by atoms with van der Waals surface area (Å²) in [6.45, 7) is 0.448. The second-order valence-electron chi connectivity index (χ2n) is 4.69. The van der Waals surface area contributed by atoms with Gasteiger partial charge in [-0.25, -0.2) is 9.97 Å². The van der Waals surface area contributed by atoms with E-state index in [0.29, 0.717) is 18.1 Å². The minimum absolute atomic E-state index is 0.0702. The Hall–Kier alpha value is -2.22. The molecule has 0 amide bonds. The highest BCUT2D eigenvalue weighted by Gasteiger charge is 2.27. The zero-order valence-corrected chi connectivity index (χ0v) is 14.0. The quantitative estimate of drug-likeness (QED) is 0.390. The van der Waals surface area contributed by atoms with Crippen molar-refractivity contribution in [3.05, 3.63) is 47.4 Å². The molecule has 0 bridgehead atoms. The zero-order valence-electron chi connectivity index (χ0n) is 13.2. The van der Waals surface area contributed by atoms with Gasteiger partial charge in [-0.3, -0.25) is 4.79 Å². The molecule has 2 rings (SSSR count). The Bertz CT molecular complexity index is 666. The van der Waals surface area contributed by atoms with Gasteiger partial charge in [0.05, 0.1) is 5.92 Å². The number of hydrogen-bond acceptors (Lipinski definition) is 7. The van der Waals surface area contributed by atoms with E-state index < -0.39 is 12.2 Å². The van der Waals surface area contributed by atoms with Gasteiger partial charge < -0.3 is 18.9 Å². The minimum atomic E-state index is -0.622. The maximum absolute atomic E-state index is 10.6. The number of methoxy groups -OCH3 is 2. The van der Waals surface area contributed by atoms with Crippen molar-refractivity contribution in [1.82, 2.24) is 9.97 Å². The van der Waals surface area contributed by atoms with E-state index in [1.807, 2.05) is 18.2 Å². The lowest BCUT2D eigenvalue weighted by Gasteiger charge is -2.25. The maximum Gasteiger partial charge on any atom is 0.293 e. The number of carbonyl (C=O) groups excluding carboxylic acids is 1. The number of para-hydroxylation sites is 1. The predicted octanol–water partition coefficient (Wildman–Crippen LogP) is 2.80. The van der Waals surface area contributed by atoms with Crippen LogP contribution in [-0.4, -0.2) is 43.6 Å². The topological polar surface area (TPSA) is 79.8 Å². The molecule has 0 radical (unpaired) electrons. The van der Waals surface area contributed by atoms with Crippen LogP contribution in [0.25, 0.3) is 0 Å². The summed E-state index contributed by atoms with van der Waals surface area (Å²) in [6.07, 6.45) is 0.684. The van der Waals surface area contributed by atoms with Crippen LogP contribution in [-0.2, 0) is 19.0 Å². The van der Waals surface area contributed by atoms with Crippen molar-refractivity contribution in [2.24, 2.45) is 0 Å². The molecular weight excluding hydrogens is 336 g/mol. The van der Waals surface area contributed by atoms with Crippen molar-refractivity contribution in [2.75, 3.05) is 20.8 Å². The van der Waals surface area contributed by atoms with Gasteiger partial charge >= 0.3 is 0 Å². The predicted molar refractivity (Wildman–Crippen MR) is 86.1 cm³/mol. The largest absolute Gasteiger partial charge is 0.467 e. The number of halogens is 1. The number of nitrogens with zero attached hydrogens (tertiary/aromatic N) is 2. The Morgan fingerprint density at radius 2 is 1.96 bits per heavy atom. The standard InChI is InChI=1S/C16H17ClN2O5/c1-21-16(22-2)12(8-23-10-20)11-5-3-4-6-13(11)24-15-7-14(17)18-9-19-15/h3-7,9-10,12,16H,8H2,1-2H3. The van der Waals surface area contributed by atoms with Crippen molar-refractivity contribution >= 4 is 18.1 Å². The number of hydrogen-bond donors (Lipinski definition) is 0. The van der Waals surface area contributed by atoms with Crippen LogP contribution in [0.2, 0.25) is 5.15 Å². The summed E-state index contributed by atoms with van der Waals surface area (Å²) in [5.41, 5.74) is 0.739. The molecule has 128 valence electrons. The van der Waals surface area contributed by atoms with Crippen LogP contribution in [0.15, 0.2) is 36.7 Å². The molecule has 1 aromatic carbocycles. The fourth-order valence-electron chi connectivity index (χ4n) is 2.25. The van der Waals surface area contributed by atoms with Gasteiger partial charge in [0, 0.05) is 25.8 Å². The van der Waals surface area contributed by atoms with E-state index in [9.17, 15) is 4.79 Å². The van der Waals surface area contributed by atoms with E-state index >= 15 is 0 Å². The third-order valence-electron chi connectivity index (χ3n) is 3.28. The highest BCUT2D eigenvalue weighted by Crippen LogP contribution is 2.33. The molecule has 0 saturated heterocycles. The molecule has 0 spiro atoms. The highest BCUT2D eigenvalue weighted by molar-refractivity contribution is 6.29. The first-order valence-electron chi connectivity index (χ1n) is 7.04. The molecule has 1 atom stereocenters. The van der Waals surface area contributed by atoms with Crippen LogP contribution < -0.4 is 4.74 Å². The monoisotopic (exact) mass is 352 g/mol. The lowest BCUT2D eigenvalue weighted by atomic mass is 9.98. The second kappa shape index (κ2) is 9.17. The van der Waals surface area contributed by atoms with Gasteiger partial charge in [0.25, 0.3) is 6.47 Å². The van der Waals surface area contributed by atoms with E-state index in [2.05, 4.69) is 9.97 Å². The van der Waals surface area contributed by atoms with E-state index in [1.54, 1.807) is 6.07 Å². The lowest BCUT2D eigenvalue weighted by Crippen LogP contribution is -2.27. The average Bonchev–Trinajstić information content (AvgIpc) is 2.59. The highest BCUT2D eigenvalue weighted by atomic mass is 35.5. The fraction of sp³-hybridized carbons (Fsp3) is 0.312. The fourth-order valence-corrected chi connectivity index (χ4v) is 2.39. The summed E-state index contributed by atoms with van der Waals surface area (Å²) in [5.74, 6) is 0.425. The first-order valence-corrected chi connectivity index (χ1v) is 7.42. The normalized spacial score (nSPS) is 12.0. The Balaban J connectivity index is 2.34. The Kier molecular flexibility index (Phi) is 6.92. The van der Waals surface area contributed by atoms with Gasteiger partial charge in [0.2, 0.25) is 5.88 Å². The third kappa shape index (κ3) is 4.64. The number of carbonyl (C=O) groups is 1. The Morgan fingerprint density at radius 1 is 1.21 bits per heavy atom. The van der Waals surface area contributed by atoms with E-state index in [1.165, 1.54) is 26.6 Å². The molecule has 1 heterocycles. The maximum atomic E-state index is 10.6. The van der Waals surface area contributed by atoms with Gasteiger partial charge in [-0.2, -0.15) is 0 Å². The van der Waals surface area contributed by atoms with Crippen LogP contribution in [0, 0.1) is 0 Å². The molecule has 0 saturated carbocycles. The molecule has 0 aliphatic carbocycles. The van der Waals surface area contributed by atoms with E-state index in [-0.39, 0.29) is 11.8 Å². The number of ether oxygens (including phenoxy) is 4. The van der Waals surface area contributed by atoms with Gasteiger partial charge in [-0.1, -0.05) is 29.8 Å². The summed E-state index contributed by atoms with van der Waals surface area (Å²) in [7, 11) is 3.02. The summed E-state index contributed by atoms with van der Waals surface area (Å²) in [6, 6.07) is 8.75. The summed E-state index contributed by atoms with van der Waals surface area (Å²) < 4.78 is 21.3. The van der Waals surface area contributed by atoms with Crippen LogP contribution >= 0.6 is 11.6 Å². The van der Waals surface area contributed by atoms with Crippen molar-refractivity contribution < 1.29 is 23.7 Å². The Morgan fingerprint density at radius 3 is 2.62 bits per heavy atom. The summed E-state index contributed by atoms with van der Waals surface area (Å²) in [4.78, 5) is 18.4. The van der Waals surface area contributed by atoms with Crippen molar-refractivity contribution in [2.45, 2.75) is 12.2 Å². The minimum Gasteiger partial charge on any atom is -0.467 e. The summed E-state index contributed by atoms with van der Waals surface area (Å²) >= 11 is 5.85. The zero-order chi connectivity index (χ0) is 17.4. The van der Waals surface area contributed by atoms with Crippen LogP contribution in [0.3, 0.4) is 0 Å². The second-order valence-corrected chi connectivity index (χ2v) is 5.08. The molecule has 0 N–H and O–H groups in total. The molecule has 2 aromatic rings. The number of rotatable bonds is 9. The SMILES string of the molecule is COC(OC)C(COC=O)c1ccccc1Oc1cc(Cl)ncn1. The molecule has 0 fully saturated rings. The van der Waals surface area contributed by atoms with Gasteiger partial charge in [-0.05, 0) is 6.07 Å². The lowest BCUT2D eigenvalue weighted by molar-refractivity contribution is -0.142. The molecule has 1 aromatic heterocycles. The van der Waals surface area contributed by atoms with Gasteiger partial charge in [0.1, 0.15) is 23.8 Å². The van der Waals surface area contributed by atoms with E-state index in [4.69, 9.17) is 30.5 Å². The van der Waals surface area contributed by atoms with Crippen molar-refractivity contribution in [3.8, 4) is 11.6 Å². The van der Waals surface area contributed by atoms with Crippen molar-refractivity contribution in [3.63, 3.8) is 0 Å². The Labute approximate surface area is 144 Å².